The highest BCUT2D eigenvalue weighted by Gasteiger charge is 2.27. The molecule has 0 spiro atoms. The maximum Gasteiger partial charge on any atom is 0.244 e. The number of nitrogens with zero attached hydrogens (tertiary/aromatic N) is 3. The second-order valence-corrected chi connectivity index (χ2v) is 9.55. The molecule has 0 N–H and O–H groups in total. The molecule has 1 aliphatic heterocycles. The van der Waals surface area contributed by atoms with Crippen LogP contribution in [0.5, 0.6) is 0 Å². The summed E-state index contributed by atoms with van der Waals surface area (Å²) >= 11 is 1.51. The van der Waals surface area contributed by atoms with Crippen molar-refractivity contribution in [2.24, 2.45) is 0 Å². The summed E-state index contributed by atoms with van der Waals surface area (Å²) in [6.45, 7) is 3.08. The number of rotatable bonds is 6. The molecule has 6 nitrogen and oxygen atoms in total. The number of benzene rings is 1. The van der Waals surface area contributed by atoms with Gasteiger partial charge in [-0.15, -0.1) is 0 Å². The zero-order valence-electron chi connectivity index (χ0n) is 15.5. The van der Waals surface area contributed by atoms with Crippen LogP contribution >= 0.6 is 11.8 Å². The highest BCUT2D eigenvalue weighted by Crippen LogP contribution is 2.28. The van der Waals surface area contributed by atoms with Gasteiger partial charge in [0.15, 0.2) is 0 Å². The van der Waals surface area contributed by atoms with Crippen molar-refractivity contribution in [3.63, 3.8) is 0 Å². The summed E-state index contributed by atoms with van der Waals surface area (Å²) in [5, 5.41) is 0.754. The number of oxazole rings is 1. The molecule has 0 atom stereocenters. The minimum Gasteiger partial charge on any atom is -0.441 e. The number of aryl methyl sites for hydroxylation is 1. The van der Waals surface area contributed by atoms with E-state index in [2.05, 4.69) is 9.97 Å². The van der Waals surface area contributed by atoms with Crippen molar-refractivity contribution in [1.82, 2.24) is 14.3 Å². The van der Waals surface area contributed by atoms with Crippen LogP contribution in [0.1, 0.15) is 24.3 Å². The van der Waals surface area contributed by atoms with Crippen molar-refractivity contribution < 1.29 is 12.8 Å². The van der Waals surface area contributed by atoms with Gasteiger partial charge in [-0.3, -0.25) is 0 Å². The topological polar surface area (TPSA) is 76.3 Å². The van der Waals surface area contributed by atoms with Crippen LogP contribution in [0.15, 0.2) is 63.0 Å². The fraction of sp³-hybridized carbons (Fsp3) is 0.300. The summed E-state index contributed by atoms with van der Waals surface area (Å²) in [5.74, 6) is 1.99. The minimum absolute atomic E-state index is 0.253. The van der Waals surface area contributed by atoms with Gasteiger partial charge in [0, 0.05) is 30.6 Å². The number of hydrogen-bond donors (Lipinski definition) is 0. The molecule has 4 rings (SSSR count). The summed E-state index contributed by atoms with van der Waals surface area (Å²) in [7, 11) is -3.42. The molecule has 3 aromatic rings. The van der Waals surface area contributed by atoms with E-state index in [1.807, 2.05) is 37.3 Å². The molecule has 28 heavy (non-hydrogen) atoms. The maximum atomic E-state index is 12.6. The minimum atomic E-state index is -3.42. The van der Waals surface area contributed by atoms with Crippen LogP contribution in [0.2, 0.25) is 0 Å². The van der Waals surface area contributed by atoms with E-state index >= 15 is 0 Å². The lowest BCUT2D eigenvalue weighted by atomic mass is 10.2. The normalized spacial score (nSPS) is 15.2. The summed E-state index contributed by atoms with van der Waals surface area (Å²) in [5.41, 5.74) is 1.80. The van der Waals surface area contributed by atoms with E-state index in [9.17, 15) is 8.42 Å². The van der Waals surface area contributed by atoms with Gasteiger partial charge in [-0.25, -0.2) is 18.4 Å². The van der Waals surface area contributed by atoms with Crippen molar-refractivity contribution in [2.75, 3.05) is 13.1 Å². The maximum absolute atomic E-state index is 12.6. The van der Waals surface area contributed by atoms with E-state index in [0.717, 1.165) is 34.9 Å². The molecule has 0 bridgehead atoms. The third kappa shape index (κ3) is 3.99. The summed E-state index contributed by atoms with van der Waals surface area (Å²) in [4.78, 5) is 9.16. The van der Waals surface area contributed by atoms with Crippen LogP contribution in [0.4, 0.5) is 0 Å². The molecule has 0 saturated carbocycles. The molecule has 0 unspecified atom stereocenters. The second-order valence-electron chi connectivity index (χ2n) is 6.62. The largest absolute Gasteiger partial charge is 0.441 e. The first-order valence-electron chi connectivity index (χ1n) is 9.15. The van der Waals surface area contributed by atoms with Crippen molar-refractivity contribution >= 4 is 21.8 Å². The third-order valence-corrected chi connectivity index (χ3v) is 7.52. The molecule has 0 amide bonds. The zero-order chi connectivity index (χ0) is 19.6. The zero-order valence-corrected chi connectivity index (χ0v) is 17.2. The predicted octanol–water partition coefficient (Wildman–Crippen LogP) is 4.12. The third-order valence-electron chi connectivity index (χ3n) is 4.68. The van der Waals surface area contributed by atoms with Gasteiger partial charge in [0.1, 0.15) is 10.7 Å². The van der Waals surface area contributed by atoms with Gasteiger partial charge in [-0.1, -0.05) is 30.0 Å². The summed E-state index contributed by atoms with van der Waals surface area (Å²) in [6.07, 6.45) is 3.28. The molecule has 1 aliphatic rings. The Morgan fingerprint density at radius 3 is 2.54 bits per heavy atom. The monoisotopic (exact) mass is 415 g/mol. The molecule has 0 radical (unpaired) electrons. The van der Waals surface area contributed by atoms with E-state index in [4.69, 9.17) is 4.42 Å². The number of aromatic nitrogens is 2. The van der Waals surface area contributed by atoms with Gasteiger partial charge in [-0.05, 0) is 44.0 Å². The highest BCUT2D eigenvalue weighted by atomic mass is 32.2. The Morgan fingerprint density at radius 1 is 1.11 bits per heavy atom. The van der Waals surface area contributed by atoms with Crippen molar-refractivity contribution in [3.05, 3.63) is 60.1 Å². The number of sulfonamides is 1. The Kier molecular flexibility index (Phi) is 5.52. The van der Waals surface area contributed by atoms with Crippen molar-refractivity contribution in [3.8, 4) is 11.5 Å². The lowest BCUT2D eigenvalue weighted by Gasteiger charge is -2.15. The Morgan fingerprint density at radius 2 is 1.86 bits per heavy atom. The van der Waals surface area contributed by atoms with Crippen LogP contribution in [0, 0.1) is 6.92 Å². The Hall–Kier alpha value is -2.16. The van der Waals surface area contributed by atoms with Crippen molar-refractivity contribution in [2.45, 2.75) is 35.4 Å². The Balaban J connectivity index is 1.44. The lowest BCUT2D eigenvalue weighted by molar-refractivity contribution is 0.477. The number of pyridine rings is 1. The SMILES string of the molecule is Cc1oc(-c2ccccc2)nc1CSc1ccc(S(=O)(=O)N2CCCC2)cn1. The smallest absolute Gasteiger partial charge is 0.244 e. The van der Waals surface area contributed by atoms with Crippen LogP contribution < -0.4 is 0 Å². The van der Waals surface area contributed by atoms with E-state index in [0.29, 0.717) is 24.7 Å². The predicted molar refractivity (Wildman–Crippen MR) is 108 cm³/mol. The van der Waals surface area contributed by atoms with Gasteiger partial charge in [0.25, 0.3) is 0 Å². The van der Waals surface area contributed by atoms with E-state index in [1.165, 1.54) is 22.3 Å². The van der Waals surface area contributed by atoms with Gasteiger partial charge < -0.3 is 4.42 Å². The van der Waals surface area contributed by atoms with Crippen LogP contribution in [-0.2, 0) is 15.8 Å². The van der Waals surface area contributed by atoms with Gasteiger partial charge in [0.05, 0.1) is 10.7 Å². The fourth-order valence-corrected chi connectivity index (χ4v) is 5.40. The molecule has 0 aliphatic carbocycles. The van der Waals surface area contributed by atoms with Gasteiger partial charge in [-0.2, -0.15) is 4.31 Å². The van der Waals surface area contributed by atoms with Crippen LogP contribution in [0.3, 0.4) is 0 Å². The fourth-order valence-electron chi connectivity index (χ4n) is 3.09. The highest BCUT2D eigenvalue weighted by molar-refractivity contribution is 7.98. The summed E-state index contributed by atoms with van der Waals surface area (Å²) < 4.78 is 32.4. The van der Waals surface area contributed by atoms with Gasteiger partial charge >= 0.3 is 0 Å². The number of hydrogen-bond acceptors (Lipinski definition) is 6. The standard InChI is InChI=1S/C20H21N3O3S2/c1-15-18(22-20(26-15)16-7-3-2-4-8-16)14-27-19-10-9-17(13-21-19)28(24,25)23-11-5-6-12-23/h2-4,7-10,13H,5-6,11-12,14H2,1H3. The van der Waals surface area contributed by atoms with E-state index < -0.39 is 10.0 Å². The molecule has 1 saturated heterocycles. The number of thioether (sulfide) groups is 1. The van der Waals surface area contributed by atoms with Crippen LogP contribution in [0.25, 0.3) is 11.5 Å². The molecule has 3 heterocycles. The van der Waals surface area contributed by atoms with Gasteiger partial charge in [0.2, 0.25) is 15.9 Å². The molecule has 1 aromatic carbocycles. The lowest BCUT2D eigenvalue weighted by Crippen LogP contribution is -2.27. The summed E-state index contributed by atoms with van der Waals surface area (Å²) in [6, 6.07) is 13.2. The Labute approximate surface area is 169 Å². The van der Waals surface area contributed by atoms with Crippen molar-refractivity contribution in [1.29, 1.82) is 0 Å². The molecule has 1 fully saturated rings. The van der Waals surface area contributed by atoms with E-state index in [1.54, 1.807) is 12.1 Å². The quantitative estimate of drug-likeness (QED) is 0.564. The first-order valence-corrected chi connectivity index (χ1v) is 11.6. The van der Waals surface area contributed by atoms with Crippen LogP contribution in [-0.4, -0.2) is 35.8 Å². The first-order chi connectivity index (χ1) is 13.5. The molecular formula is C20H21N3O3S2. The Bertz CT molecular complexity index is 1040. The molecule has 8 heteroatoms. The molecule has 2 aromatic heterocycles. The second kappa shape index (κ2) is 8.06. The first kappa shape index (κ1) is 19.2. The molecule has 146 valence electrons. The molecular weight excluding hydrogens is 394 g/mol. The average molecular weight is 416 g/mol. The van der Waals surface area contributed by atoms with E-state index in [-0.39, 0.29) is 4.90 Å². The average Bonchev–Trinajstić information content (AvgIpc) is 3.38.